The third kappa shape index (κ3) is 6.14. The van der Waals surface area contributed by atoms with E-state index in [9.17, 15) is 0 Å². The van der Waals surface area contributed by atoms with Gasteiger partial charge in [-0.3, -0.25) is 4.90 Å². The zero-order valence-corrected chi connectivity index (χ0v) is 13.0. The van der Waals surface area contributed by atoms with Gasteiger partial charge in [-0.05, 0) is 26.6 Å². The fourth-order valence-electron chi connectivity index (χ4n) is 2.65. The first-order valence-corrected chi connectivity index (χ1v) is 7.17. The Morgan fingerprint density at radius 1 is 1.06 bits per heavy atom. The molecule has 0 aromatic rings. The molecule has 0 spiro atoms. The highest BCUT2D eigenvalue weighted by Crippen LogP contribution is 2.16. The van der Waals surface area contributed by atoms with Gasteiger partial charge in [0.2, 0.25) is 0 Å². The highest BCUT2D eigenvalue weighted by atomic mass is 15.3. The molecule has 1 fully saturated rings. The monoisotopic (exact) mass is 256 g/mol. The number of hydrogen-bond donors (Lipinski definition) is 1. The Morgan fingerprint density at radius 2 is 1.61 bits per heavy atom. The summed E-state index contributed by atoms with van der Waals surface area (Å²) >= 11 is 0. The van der Waals surface area contributed by atoms with Gasteiger partial charge in [0.05, 0.1) is 0 Å². The third-order valence-electron chi connectivity index (χ3n) is 3.64. The van der Waals surface area contributed by atoms with Crippen LogP contribution in [0, 0.1) is 5.41 Å². The minimum absolute atomic E-state index is 0.376. The molecule has 0 amide bonds. The van der Waals surface area contributed by atoms with E-state index < -0.39 is 0 Å². The number of nitrogens with zero attached hydrogens (tertiary/aromatic N) is 3. The number of hydrogen-bond acceptors (Lipinski definition) is 4. The Labute approximate surface area is 113 Å². The van der Waals surface area contributed by atoms with E-state index in [2.05, 4.69) is 48.0 Å². The van der Waals surface area contributed by atoms with Gasteiger partial charge in [0.25, 0.3) is 0 Å². The highest BCUT2D eigenvalue weighted by Gasteiger charge is 2.24. The molecule has 1 N–H and O–H groups in total. The zero-order valence-electron chi connectivity index (χ0n) is 13.0. The summed E-state index contributed by atoms with van der Waals surface area (Å²) in [6.45, 7) is 14.3. The van der Waals surface area contributed by atoms with Crippen LogP contribution in [0.1, 0.15) is 13.8 Å². The van der Waals surface area contributed by atoms with E-state index in [-0.39, 0.29) is 0 Å². The van der Waals surface area contributed by atoms with Crippen LogP contribution in [-0.2, 0) is 0 Å². The van der Waals surface area contributed by atoms with E-state index >= 15 is 0 Å². The molecule has 1 saturated heterocycles. The zero-order chi connectivity index (χ0) is 13.6. The molecule has 0 aromatic carbocycles. The second-order valence-electron chi connectivity index (χ2n) is 6.62. The van der Waals surface area contributed by atoms with Gasteiger partial charge >= 0.3 is 0 Å². The Morgan fingerprint density at radius 3 is 2.11 bits per heavy atom. The van der Waals surface area contributed by atoms with Crippen molar-refractivity contribution in [2.24, 2.45) is 5.41 Å². The molecule has 18 heavy (non-hydrogen) atoms. The standard InChI is InChI=1S/C14H32N4/c1-14(2,12-15-3)13-18-10-8-17(9-11-18)7-6-16(4)5/h15H,6-13H2,1-5H3. The van der Waals surface area contributed by atoms with Gasteiger partial charge in [-0.25, -0.2) is 0 Å². The number of piperazine rings is 1. The molecule has 0 bridgehead atoms. The SMILES string of the molecule is CNCC(C)(C)CN1CCN(CCN(C)C)CC1. The Kier molecular flexibility index (Phi) is 6.57. The minimum Gasteiger partial charge on any atom is -0.319 e. The lowest BCUT2D eigenvalue weighted by Crippen LogP contribution is -2.51. The van der Waals surface area contributed by atoms with E-state index in [1.54, 1.807) is 0 Å². The predicted molar refractivity (Wildman–Crippen MR) is 79.1 cm³/mol. The first-order chi connectivity index (χ1) is 8.43. The summed E-state index contributed by atoms with van der Waals surface area (Å²) < 4.78 is 0. The van der Waals surface area contributed by atoms with E-state index in [1.165, 1.54) is 45.8 Å². The second kappa shape index (κ2) is 7.43. The first kappa shape index (κ1) is 15.9. The molecule has 0 aliphatic carbocycles. The second-order valence-corrected chi connectivity index (χ2v) is 6.62. The van der Waals surface area contributed by atoms with E-state index in [0.717, 1.165) is 6.54 Å². The van der Waals surface area contributed by atoms with Crippen molar-refractivity contribution in [3.05, 3.63) is 0 Å². The minimum atomic E-state index is 0.376. The molecular formula is C14H32N4. The number of likely N-dealkylation sites (N-methyl/N-ethyl adjacent to an activating group) is 1. The van der Waals surface area contributed by atoms with Crippen LogP contribution in [0.3, 0.4) is 0 Å². The third-order valence-corrected chi connectivity index (χ3v) is 3.64. The van der Waals surface area contributed by atoms with Crippen LogP contribution in [0.25, 0.3) is 0 Å². The van der Waals surface area contributed by atoms with Crippen molar-refractivity contribution in [3.8, 4) is 0 Å². The lowest BCUT2D eigenvalue weighted by Gasteiger charge is -2.39. The summed E-state index contributed by atoms with van der Waals surface area (Å²) in [5, 5.41) is 3.30. The van der Waals surface area contributed by atoms with E-state index in [4.69, 9.17) is 0 Å². The molecule has 0 radical (unpaired) electrons. The summed E-state index contributed by atoms with van der Waals surface area (Å²) in [6, 6.07) is 0. The molecule has 1 heterocycles. The molecule has 4 nitrogen and oxygen atoms in total. The van der Waals surface area contributed by atoms with Crippen LogP contribution in [0.5, 0.6) is 0 Å². The van der Waals surface area contributed by atoms with E-state index in [1.807, 2.05) is 7.05 Å². The van der Waals surface area contributed by atoms with Gasteiger partial charge in [0, 0.05) is 52.4 Å². The molecule has 0 saturated carbocycles. The smallest absolute Gasteiger partial charge is 0.0110 e. The maximum atomic E-state index is 3.30. The van der Waals surface area contributed by atoms with Gasteiger partial charge in [-0.2, -0.15) is 0 Å². The summed E-state index contributed by atoms with van der Waals surface area (Å²) in [6.07, 6.45) is 0. The summed E-state index contributed by atoms with van der Waals surface area (Å²) in [4.78, 5) is 7.47. The lowest BCUT2D eigenvalue weighted by atomic mass is 9.92. The topological polar surface area (TPSA) is 21.8 Å². The molecule has 1 aliphatic rings. The van der Waals surface area contributed by atoms with Crippen LogP contribution >= 0.6 is 0 Å². The molecule has 1 aliphatic heterocycles. The van der Waals surface area contributed by atoms with Crippen molar-refractivity contribution in [1.29, 1.82) is 0 Å². The van der Waals surface area contributed by atoms with Gasteiger partial charge in [0.15, 0.2) is 0 Å². The molecule has 1 rings (SSSR count). The quantitative estimate of drug-likeness (QED) is 0.712. The van der Waals surface area contributed by atoms with Crippen molar-refractivity contribution in [3.63, 3.8) is 0 Å². The Bertz CT molecular complexity index is 220. The fraction of sp³-hybridized carbons (Fsp3) is 1.00. The predicted octanol–water partition coefficient (Wildman–Crippen LogP) is 0.411. The first-order valence-electron chi connectivity index (χ1n) is 7.17. The van der Waals surface area contributed by atoms with Crippen LogP contribution < -0.4 is 5.32 Å². The maximum Gasteiger partial charge on any atom is 0.0110 e. The Hall–Kier alpha value is -0.160. The van der Waals surface area contributed by atoms with E-state index in [0.29, 0.717) is 5.41 Å². The van der Waals surface area contributed by atoms with Crippen LogP contribution in [0.15, 0.2) is 0 Å². The van der Waals surface area contributed by atoms with Gasteiger partial charge < -0.3 is 15.1 Å². The largest absolute Gasteiger partial charge is 0.319 e. The molecule has 108 valence electrons. The maximum absolute atomic E-state index is 3.30. The van der Waals surface area contributed by atoms with Crippen LogP contribution in [-0.4, -0.2) is 88.2 Å². The average Bonchev–Trinajstić information content (AvgIpc) is 2.27. The lowest BCUT2D eigenvalue weighted by molar-refractivity contribution is 0.0931. The van der Waals surface area contributed by atoms with Crippen LogP contribution in [0.4, 0.5) is 0 Å². The van der Waals surface area contributed by atoms with Gasteiger partial charge in [-0.1, -0.05) is 13.8 Å². The average molecular weight is 256 g/mol. The van der Waals surface area contributed by atoms with Gasteiger partial charge in [-0.15, -0.1) is 0 Å². The normalized spacial score (nSPS) is 19.7. The molecular weight excluding hydrogens is 224 g/mol. The highest BCUT2D eigenvalue weighted by molar-refractivity contribution is 4.79. The molecule has 0 aromatic heterocycles. The van der Waals surface area contributed by atoms with Crippen molar-refractivity contribution in [2.75, 3.05) is 73.5 Å². The van der Waals surface area contributed by atoms with Gasteiger partial charge in [0.1, 0.15) is 0 Å². The Balaban J connectivity index is 2.22. The van der Waals surface area contributed by atoms with Crippen LogP contribution in [0.2, 0.25) is 0 Å². The molecule has 4 heteroatoms. The van der Waals surface area contributed by atoms with Crippen molar-refractivity contribution in [2.45, 2.75) is 13.8 Å². The summed E-state index contributed by atoms with van der Waals surface area (Å²) in [7, 11) is 6.34. The van der Waals surface area contributed by atoms with Crippen molar-refractivity contribution >= 4 is 0 Å². The van der Waals surface area contributed by atoms with Crippen molar-refractivity contribution in [1.82, 2.24) is 20.0 Å². The number of rotatable bonds is 7. The molecule has 0 atom stereocenters. The summed E-state index contributed by atoms with van der Waals surface area (Å²) in [5.74, 6) is 0. The molecule has 0 unspecified atom stereocenters. The fourth-order valence-corrected chi connectivity index (χ4v) is 2.65. The summed E-state index contributed by atoms with van der Waals surface area (Å²) in [5.41, 5.74) is 0.376. The number of nitrogens with one attached hydrogen (secondary N) is 1. The van der Waals surface area contributed by atoms with Crippen molar-refractivity contribution < 1.29 is 0 Å².